The summed E-state index contributed by atoms with van der Waals surface area (Å²) in [5.41, 5.74) is 0.886. The first-order valence-electron chi connectivity index (χ1n) is 9.76. The molecule has 0 bridgehead atoms. The van der Waals surface area contributed by atoms with Crippen molar-refractivity contribution in [2.45, 2.75) is 12.6 Å². The van der Waals surface area contributed by atoms with Crippen molar-refractivity contribution < 1.29 is 27.1 Å². The fourth-order valence-corrected chi connectivity index (χ4v) is 3.17. The molecule has 1 N–H and O–H groups in total. The van der Waals surface area contributed by atoms with Gasteiger partial charge in [-0.15, -0.1) is 0 Å². The van der Waals surface area contributed by atoms with Gasteiger partial charge in [0.05, 0.1) is 17.5 Å². The van der Waals surface area contributed by atoms with Crippen LogP contribution in [0.1, 0.15) is 27.2 Å². The highest BCUT2D eigenvalue weighted by atomic mass is 19.4. The maximum Gasteiger partial charge on any atom is 0.416 e. The lowest BCUT2D eigenvalue weighted by atomic mass is 10.0. The predicted molar refractivity (Wildman–Crippen MR) is 114 cm³/mol. The van der Waals surface area contributed by atoms with Crippen molar-refractivity contribution in [3.8, 4) is 11.5 Å². The molecule has 0 aliphatic carbocycles. The van der Waals surface area contributed by atoms with E-state index in [1.54, 1.807) is 12.1 Å². The zero-order chi connectivity index (χ0) is 22.6. The molecule has 0 atom stereocenters. The summed E-state index contributed by atoms with van der Waals surface area (Å²) in [6.07, 6.45) is -2.70. The van der Waals surface area contributed by atoms with Crippen LogP contribution in [0.3, 0.4) is 0 Å². The van der Waals surface area contributed by atoms with E-state index in [9.17, 15) is 18.0 Å². The Kier molecular flexibility index (Phi) is 5.98. The predicted octanol–water partition coefficient (Wildman–Crippen LogP) is 6.93. The Bertz CT molecular complexity index is 1200. The molecule has 32 heavy (non-hydrogen) atoms. The smallest absolute Gasteiger partial charge is 0.416 e. The van der Waals surface area contributed by atoms with Crippen molar-refractivity contribution in [2.75, 3.05) is 5.32 Å². The van der Waals surface area contributed by atoms with Crippen LogP contribution in [0, 0.1) is 0 Å². The third-order valence-corrected chi connectivity index (χ3v) is 4.73. The van der Waals surface area contributed by atoms with E-state index in [0.717, 1.165) is 23.3 Å². The number of para-hydroxylation sites is 1. The molecule has 0 unspecified atom stereocenters. The molecular formula is C25H18F3NO3. The summed E-state index contributed by atoms with van der Waals surface area (Å²) in [7, 11) is 0. The SMILES string of the molecule is O=C(Nc1cc(C(F)(F)F)ccc1Oc1ccccc1Cc1ccccc1)c1ccco1. The van der Waals surface area contributed by atoms with Crippen LogP contribution >= 0.6 is 0 Å². The monoisotopic (exact) mass is 437 g/mol. The number of furan rings is 1. The van der Waals surface area contributed by atoms with E-state index >= 15 is 0 Å². The van der Waals surface area contributed by atoms with Gasteiger partial charge in [0.1, 0.15) is 5.75 Å². The first-order valence-corrected chi connectivity index (χ1v) is 9.76. The Morgan fingerprint density at radius 3 is 2.34 bits per heavy atom. The number of hydrogen-bond acceptors (Lipinski definition) is 3. The van der Waals surface area contributed by atoms with Gasteiger partial charge in [0.15, 0.2) is 11.5 Å². The fourth-order valence-electron chi connectivity index (χ4n) is 3.17. The average molecular weight is 437 g/mol. The van der Waals surface area contributed by atoms with Gasteiger partial charge in [0, 0.05) is 6.42 Å². The second-order valence-corrected chi connectivity index (χ2v) is 7.01. The zero-order valence-electron chi connectivity index (χ0n) is 16.7. The summed E-state index contributed by atoms with van der Waals surface area (Å²) in [5.74, 6) is -0.155. The van der Waals surface area contributed by atoms with Crippen molar-refractivity contribution in [1.82, 2.24) is 0 Å². The molecule has 3 aromatic carbocycles. The minimum atomic E-state index is -4.58. The molecule has 4 rings (SSSR count). The normalized spacial score (nSPS) is 11.2. The molecule has 0 fully saturated rings. The number of nitrogens with one attached hydrogen (secondary N) is 1. The number of hydrogen-bond donors (Lipinski definition) is 1. The molecular weight excluding hydrogens is 419 g/mol. The summed E-state index contributed by atoms with van der Waals surface area (Å²) < 4.78 is 50.8. The molecule has 1 amide bonds. The number of alkyl halides is 3. The number of carbonyl (C=O) groups excluding carboxylic acids is 1. The van der Waals surface area contributed by atoms with E-state index in [0.29, 0.717) is 12.2 Å². The van der Waals surface area contributed by atoms with E-state index < -0.39 is 17.6 Å². The molecule has 4 nitrogen and oxygen atoms in total. The second kappa shape index (κ2) is 9.01. The Balaban J connectivity index is 1.67. The summed E-state index contributed by atoms with van der Waals surface area (Å²) in [5, 5.41) is 2.46. The van der Waals surface area contributed by atoms with Crippen molar-refractivity contribution in [3.05, 3.63) is 114 Å². The highest BCUT2D eigenvalue weighted by Gasteiger charge is 2.31. The lowest BCUT2D eigenvalue weighted by molar-refractivity contribution is -0.137. The van der Waals surface area contributed by atoms with Gasteiger partial charge in [-0.25, -0.2) is 0 Å². The Morgan fingerprint density at radius 1 is 0.875 bits per heavy atom. The van der Waals surface area contributed by atoms with E-state index in [1.807, 2.05) is 42.5 Å². The van der Waals surface area contributed by atoms with Gasteiger partial charge < -0.3 is 14.5 Å². The maximum absolute atomic E-state index is 13.3. The highest BCUT2D eigenvalue weighted by molar-refractivity contribution is 6.03. The van der Waals surface area contributed by atoms with Gasteiger partial charge in [-0.1, -0.05) is 48.5 Å². The maximum atomic E-state index is 13.3. The largest absolute Gasteiger partial charge is 0.459 e. The van der Waals surface area contributed by atoms with Crippen molar-refractivity contribution in [3.63, 3.8) is 0 Å². The summed E-state index contributed by atoms with van der Waals surface area (Å²) in [4.78, 5) is 12.4. The third kappa shape index (κ3) is 5.00. The van der Waals surface area contributed by atoms with Crippen molar-refractivity contribution in [2.24, 2.45) is 0 Å². The molecule has 0 radical (unpaired) electrons. The standard InChI is InChI=1S/C25H18F3NO3/c26-25(27,28)19-12-13-22(20(16-19)29-24(30)23-11-6-14-31-23)32-21-10-5-4-9-18(21)15-17-7-2-1-3-8-17/h1-14,16H,15H2,(H,29,30). The average Bonchev–Trinajstić information content (AvgIpc) is 3.31. The number of ether oxygens (including phenoxy) is 1. The minimum absolute atomic E-state index is 0.0298. The van der Waals surface area contributed by atoms with Crippen LogP contribution in [0.4, 0.5) is 18.9 Å². The molecule has 0 saturated carbocycles. The van der Waals surface area contributed by atoms with Crippen LogP contribution < -0.4 is 10.1 Å². The molecule has 1 aromatic heterocycles. The summed E-state index contributed by atoms with van der Waals surface area (Å²) in [6, 6.07) is 22.8. The first kappa shape index (κ1) is 21.2. The van der Waals surface area contributed by atoms with Crippen molar-refractivity contribution in [1.29, 1.82) is 0 Å². The van der Waals surface area contributed by atoms with E-state index in [-0.39, 0.29) is 17.2 Å². The fraction of sp³-hybridized carbons (Fsp3) is 0.0800. The number of rotatable bonds is 6. The van der Waals surface area contributed by atoms with Crippen molar-refractivity contribution >= 4 is 11.6 Å². The molecule has 0 aliphatic rings. The van der Waals surface area contributed by atoms with Gasteiger partial charge in [-0.2, -0.15) is 13.2 Å². The molecule has 1 heterocycles. The molecule has 0 aliphatic heterocycles. The van der Waals surface area contributed by atoms with Gasteiger partial charge in [-0.05, 0) is 47.5 Å². The highest BCUT2D eigenvalue weighted by Crippen LogP contribution is 2.38. The van der Waals surface area contributed by atoms with Crippen LogP contribution in [-0.4, -0.2) is 5.91 Å². The lowest BCUT2D eigenvalue weighted by Crippen LogP contribution is -2.13. The first-order chi connectivity index (χ1) is 15.4. The van der Waals surface area contributed by atoms with Crippen LogP contribution in [0.2, 0.25) is 0 Å². The number of anilines is 1. The van der Waals surface area contributed by atoms with Crippen LogP contribution in [-0.2, 0) is 12.6 Å². The number of halogens is 3. The molecule has 162 valence electrons. The summed E-state index contributed by atoms with van der Waals surface area (Å²) in [6.45, 7) is 0. The molecule has 0 spiro atoms. The Hall–Kier alpha value is -4.00. The number of amides is 1. The zero-order valence-corrected chi connectivity index (χ0v) is 16.7. The second-order valence-electron chi connectivity index (χ2n) is 7.01. The lowest BCUT2D eigenvalue weighted by Gasteiger charge is -2.16. The van der Waals surface area contributed by atoms with E-state index in [4.69, 9.17) is 9.15 Å². The van der Waals surface area contributed by atoms with Crippen LogP contribution in [0.25, 0.3) is 0 Å². The number of benzene rings is 3. The minimum Gasteiger partial charge on any atom is -0.459 e. The summed E-state index contributed by atoms with van der Waals surface area (Å²) >= 11 is 0. The third-order valence-electron chi connectivity index (χ3n) is 4.73. The van der Waals surface area contributed by atoms with Gasteiger partial charge >= 0.3 is 6.18 Å². The Labute approximate surface area is 182 Å². The number of carbonyl (C=O) groups is 1. The molecule has 7 heteroatoms. The van der Waals surface area contributed by atoms with Gasteiger partial charge in [0.2, 0.25) is 0 Å². The van der Waals surface area contributed by atoms with Gasteiger partial charge in [-0.3, -0.25) is 4.79 Å². The Morgan fingerprint density at radius 2 is 1.62 bits per heavy atom. The van der Waals surface area contributed by atoms with Gasteiger partial charge in [0.25, 0.3) is 5.91 Å². The molecule has 0 saturated heterocycles. The topological polar surface area (TPSA) is 51.5 Å². The quantitative estimate of drug-likeness (QED) is 0.356. The van der Waals surface area contributed by atoms with E-state index in [1.165, 1.54) is 24.5 Å². The van der Waals surface area contributed by atoms with Crippen LogP contribution in [0.15, 0.2) is 95.6 Å². The van der Waals surface area contributed by atoms with Crippen LogP contribution in [0.5, 0.6) is 11.5 Å². The molecule has 4 aromatic rings. The van der Waals surface area contributed by atoms with E-state index in [2.05, 4.69) is 5.32 Å².